The largest absolute Gasteiger partial charge is 0.493 e. The van der Waals surface area contributed by atoms with E-state index in [1.165, 1.54) is 12.1 Å². The van der Waals surface area contributed by atoms with Crippen molar-refractivity contribution in [2.24, 2.45) is 4.99 Å². The molecule has 0 aromatic heterocycles. The molecule has 27 heavy (non-hydrogen) atoms. The number of aliphatic imine (C=N–C) groups is 1. The van der Waals surface area contributed by atoms with Crippen molar-refractivity contribution in [3.8, 4) is 11.5 Å². The maximum atomic E-state index is 13.9. The summed E-state index contributed by atoms with van der Waals surface area (Å²) in [7, 11) is 1.55. The van der Waals surface area contributed by atoms with Gasteiger partial charge in [-0.3, -0.25) is 0 Å². The van der Waals surface area contributed by atoms with Gasteiger partial charge >= 0.3 is 5.97 Å². The molecular weight excluding hydrogens is 464 g/mol. The van der Waals surface area contributed by atoms with Crippen LogP contribution in [0.1, 0.15) is 25.0 Å². The number of hydrogen-bond acceptors (Lipinski definition) is 5. The third kappa shape index (κ3) is 4.29. The number of methoxy groups -OCH3 is 1. The minimum absolute atomic E-state index is 0.00522. The number of carbonyl (C=O) groups is 1. The molecule has 0 bridgehead atoms. The summed E-state index contributed by atoms with van der Waals surface area (Å²) in [6.07, 6.45) is 1.56. The lowest BCUT2D eigenvalue weighted by atomic mass is 10.1. The van der Waals surface area contributed by atoms with Gasteiger partial charge < -0.3 is 14.2 Å². The van der Waals surface area contributed by atoms with E-state index in [2.05, 4.69) is 27.6 Å². The molecular formula is C20H17FINO4. The Hall–Kier alpha value is -2.42. The fraction of sp³-hybridized carbons (Fsp3) is 0.200. The minimum Gasteiger partial charge on any atom is -0.493 e. The Morgan fingerprint density at radius 2 is 2.00 bits per heavy atom. The number of halogens is 2. The number of carbonyl (C=O) groups excluding carboxylic acids is 1. The summed E-state index contributed by atoms with van der Waals surface area (Å²) in [6, 6.07) is 9.59. The number of rotatable bonds is 5. The molecule has 2 aromatic rings. The standard InChI is InChI=1S/C20H17FINO4/c1-11(2)26-18-15(22)8-12(10-17(18)25-3)9-16-20(24)27-19(23-16)13-6-4-5-7-14(13)21/h4-11H,1-3H3. The first-order valence-electron chi connectivity index (χ1n) is 8.20. The van der Waals surface area contributed by atoms with E-state index in [1.54, 1.807) is 31.4 Å². The monoisotopic (exact) mass is 481 g/mol. The summed E-state index contributed by atoms with van der Waals surface area (Å²) >= 11 is 2.14. The molecule has 0 aliphatic carbocycles. The highest BCUT2D eigenvalue weighted by atomic mass is 127. The van der Waals surface area contributed by atoms with Gasteiger partial charge in [-0.1, -0.05) is 12.1 Å². The summed E-state index contributed by atoms with van der Waals surface area (Å²) in [6.45, 7) is 3.86. The molecule has 0 radical (unpaired) electrons. The Bertz CT molecular complexity index is 953. The quantitative estimate of drug-likeness (QED) is 0.357. The van der Waals surface area contributed by atoms with Crippen molar-refractivity contribution in [1.29, 1.82) is 0 Å². The molecule has 5 nitrogen and oxygen atoms in total. The maximum absolute atomic E-state index is 13.9. The number of ether oxygens (including phenoxy) is 3. The molecule has 0 fully saturated rings. The molecule has 3 rings (SSSR count). The predicted octanol–water partition coefficient (Wildman–Crippen LogP) is 4.57. The van der Waals surface area contributed by atoms with Crippen LogP contribution in [0, 0.1) is 9.39 Å². The molecule has 0 saturated carbocycles. The van der Waals surface area contributed by atoms with Gasteiger partial charge in [-0.2, -0.15) is 0 Å². The zero-order chi connectivity index (χ0) is 19.6. The van der Waals surface area contributed by atoms with Crippen LogP contribution >= 0.6 is 22.6 Å². The highest BCUT2D eigenvalue weighted by Crippen LogP contribution is 2.35. The molecule has 0 N–H and O–H groups in total. The van der Waals surface area contributed by atoms with Crippen LogP contribution in [0.2, 0.25) is 0 Å². The Balaban J connectivity index is 1.98. The number of cyclic esters (lactones) is 1. The van der Waals surface area contributed by atoms with Crippen LogP contribution in [-0.2, 0) is 9.53 Å². The van der Waals surface area contributed by atoms with E-state index in [4.69, 9.17) is 14.2 Å². The van der Waals surface area contributed by atoms with Gasteiger partial charge in [0.25, 0.3) is 0 Å². The van der Waals surface area contributed by atoms with Crippen LogP contribution in [0.15, 0.2) is 47.1 Å². The average Bonchev–Trinajstić information content (AvgIpc) is 2.97. The third-order valence-corrected chi connectivity index (χ3v) is 4.43. The Labute approximate surface area is 170 Å². The van der Waals surface area contributed by atoms with Gasteiger partial charge in [0.2, 0.25) is 5.90 Å². The van der Waals surface area contributed by atoms with Crippen molar-refractivity contribution in [2.45, 2.75) is 20.0 Å². The molecule has 2 aromatic carbocycles. The molecule has 7 heteroatoms. The molecule has 1 aliphatic rings. The number of nitrogens with zero attached hydrogens (tertiary/aromatic N) is 1. The lowest BCUT2D eigenvalue weighted by Crippen LogP contribution is -2.08. The second-order valence-corrected chi connectivity index (χ2v) is 7.18. The van der Waals surface area contributed by atoms with Crippen molar-refractivity contribution >= 4 is 40.5 Å². The third-order valence-electron chi connectivity index (χ3n) is 3.63. The summed E-state index contributed by atoms with van der Waals surface area (Å²) < 4.78 is 31.0. The van der Waals surface area contributed by atoms with Crippen molar-refractivity contribution in [3.63, 3.8) is 0 Å². The highest BCUT2D eigenvalue weighted by Gasteiger charge is 2.26. The van der Waals surface area contributed by atoms with Gasteiger partial charge in [-0.05, 0) is 72.3 Å². The molecule has 0 spiro atoms. The number of benzene rings is 2. The normalized spacial score (nSPS) is 15.1. The molecule has 0 saturated heterocycles. The fourth-order valence-electron chi connectivity index (χ4n) is 2.49. The SMILES string of the molecule is COc1cc(C=C2N=C(c3ccccc3F)OC2=O)cc(I)c1OC(C)C. The molecule has 0 atom stereocenters. The van der Waals surface area contributed by atoms with Gasteiger partial charge in [0.1, 0.15) is 5.82 Å². The summed E-state index contributed by atoms with van der Waals surface area (Å²) in [4.78, 5) is 16.3. The zero-order valence-corrected chi connectivity index (χ0v) is 17.1. The van der Waals surface area contributed by atoms with E-state index in [-0.39, 0.29) is 23.3 Å². The smallest absolute Gasteiger partial charge is 0.363 e. The van der Waals surface area contributed by atoms with E-state index in [1.807, 2.05) is 19.9 Å². The van der Waals surface area contributed by atoms with Gasteiger partial charge in [-0.15, -0.1) is 0 Å². The number of esters is 1. The fourth-order valence-corrected chi connectivity index (χ4v) is 3.24. The molecule has 140 valence electrons. The van der Waals surface area contributed by atoms with Gasteiger partial charge in [0, 0.05) is 0 Å². The minimum atomic E-state index is -0.635. The molecule has 1 heterocycles. The van der Waals surface area contributed by atoms with Gasteiger partial charge in [0.05, 0.1) is 22.3 Å². The highest BCUT2D eigenvalue weighted by molar-refractivity contribution is 14.1. The Morgan fingerprint density at radius 1 is 1.26 bits per heavy atom. The molecule has 0 amide bonds. The van der Waals surface area contributed by atoms with Crippen molar-refractivity contribution in [3.05, 3.63) is 62.6 Å². The van der Waals surface area contributed by atoms with Crippen molar-refractivity contribution in [1.82, 2.24) is 0 Å². The topological polar surface area (TPSA) is 57.1 Å². The summed E-state index contributed by atoms with van der Waals surface area (Å²) in [5.74, 6) is -0.000806. The Kier molecular flexibility index (Phi) is 5.79. The lowest BCUT2D eigenvalue weighted by Gasteiger charge is -2.15. The average molecular weight is 481 g/mol. The first-order valence-corrected chi connectivity index (χ1v) is 9.28. The molecule has 1 aliphatic heterocycles. The summed E-state index contributed by atoms with van der Waals surface area (Å²) in [5.41, 5.74) is 0.920. The van der Waals surface area contributed by atoms with Crippen LogP contribution < -0.4 is 9.47 Å². The molecule has 0 unspecified atom stereocenters. The second-order valence-electron chi connectivity index (χ2n) is 6.02. The predicted molar refractivity (Wildman–Crippen MR) is 108 cm³/mol. The van der Waals surface area contributed by atoms with E-state index >= 15 is 0 Å². The first kappa shape index (κ1) is 19.3. The van der Waals surface area contributed by atoms with Crippen LogP contribution in [0.3, 0.4) is 0 Å². The first-order chi connectivity index (χ1) is 12.9. The van der Waals surface area contributed by atoms with E-state index in [0.717, 1.165) is 3.57 Å². The maximum Gasteiger partial charge on any atom is 0.363 e. The van der Waals surface area contributed by atoms with Crippen molar-refractivity contribution < 1.29 is 23.4 Å². The zero-order valence-electron chi connectivity index (χ0n) is 15.0. The second kappa shape index (κ2) is 8.08. The van der Waals surface area contributed by atoms with E-state index < -0.39 is 11.8 Å². The van der Waals surface area contributed by atoms with E-state index in [9.17, 15) is 9.18 Å². The van der Waals surface area contributed by atoms with Crippen molar-refractivity contribution in [2.75, 3.05) is 7.11 Å². The van der Waals surface area contributed by atoms with Crippen LogP contribution in [0.25, 0.3) is 6.08 Å². The Morgan fingerprint density at radius 3 is 2.67 bits per heavy atom. The van der Waals surface area contributed by atoms with Gasteiger partial charge in [0.15, 0.2) is 17.2 Å². The lowest BCUT2D eigenvalue weighted by molar-refractivity contribution is -0.129. The van der Waals surface area contributed by atoms with Crippen LogP contribution in [0.5, 0.6) is 11.5 Å². The van der Waals surface area contributed by atoms with E-state index in [0.29, 0.717) is 17.1 Å². The van der Waals surface area contributed by atoms with Crippen LogP contribution in [0.4, 0.5) is 4.39 Å². The summed E-state index contributed by atoms with van der Waals surface area (Å²) in [5, 5.41) is 0. The van der Waals surface area contributed by atoms with Crippen LogP contribution in [-0.4, -0.2) is 25.1 Å². The van der Waals surface area contributed by atoms with Gasteiger partial charge in [-0.25, -0.2) is 14.2 Å². The number of hydrogen-bond donors (Lipinski definition) is 0.